The van der Waals surface area contributed by atoms with Crippen molar-refractivity contribution in [1.82, 2.24) is 0 Å². The Morgan fingerprint density at radius 2 is 2.00 bits per heavy atom. The number of hydrogen-bond acceptors (Lipinski definition) is 3. The van der Waals surface area contributed by atoms with E-state index >= 15 is 0 Å². The Bertz CT molecular complexity index is 810. The van der Waals surface area contributed by atoms with E-state index in [1.807, 2.05) is 18.2 Å². The quantitative estimate of drug-likeness (QED) is 0.367. The van der Waals surface area contributed by atoms with Crippen LogP contribution in [-0.4, -0.2) is 28.9 Å². The molecule has 0 radical (unpaired) electrons. The molecule has 0 spiro atoms. The fraction of sp³-hybridized carbons (Fsp3) is 0.286. The lowest BCUT2D eigenvalue weighted by atomic mass is 10.0. The van der Waals surface area contributed by atoms with Crippen LogP contribution in [0.3, 0.4) is 0 Å². The van der Waals surface area contributed by atoms with Crippen molar-refractivity contribution >= 4 is 16.9 Å². The van der Waals surface area contributed by atoms with E-state index < -0.39 is 5.60 Å². The zero-order valence-electron chi connectivity index (χ0n) is 14.0. The molecule has 25 heavy (non-hydrogen) atoms. The van der Waals surface area contributed by atoms with Crippen LogP contribution in [0.15, 0.2) is 59.5 Å². The molecule has 4 rings (SSSR count). The molecule has 2 heterocycles. The van der Waals surface area contributed by atoms with Gasteiger partial charge < -0.3 is 9.47 Å². The number of hydrogen-bond donors (Lipinski definition) is 0. The standard InChI is InChI=1S/C21H19O3S/c1-3-21(14-23-19(22)16-7-5-4-6-8-16)13-18-20(24-21)25(18)17-11-9-15(2)10-12-17/h1,4-12,18,20H,13-14H2,2H3/q+1/t18-,20-,21+,25?/m1/s1. The van der Waals surface area contributed by atoms with Gasteiger partial charge in [-0.1, -0.05) is 41.8 Å². The summed E-state index contributed by atoms with van der Waals surface area (Å²) in [5.74, 6) is 2.37. The van der Waals surface area contributed by atoms with Gasteiger partial charge in [-0.3, -0.25) is 0 Å². The van der Waals surface area contributed by atoms with E-state index in [9.17, 15) is 4.79 Å². The predicted octanol–water partition coefficient (Wildman–Crippen LogP) is 3.33. The molecular weight excluding hydrogens is 332 g/mol. The number of terminal acetylenes is 1. The molecule has 2 saturated heterocycles. The van der Waals surface area contributed by atoms with E-state index in [4.69, 9.17) is 15.9 Å². The fourth-order valence-electron chi connectivity index (χ4n) is 3.21. The summed E-state index contributed by atoms with van der Waals surface area (Å²) in [6.45, 7) is 2.19. The number of esters is 1. The second-order valence-electron chi connectivity index (χ2n) is 6.49. The molecule has 0 amide bonds. The summed E-state index contributed by atoms with van der Waals surface area (Å²) >= 11 is 0. The summed E-state index contributed by atoms with van der Waals surface area (Å²) in [6.07, 6.45) is 6.46. The molecule has 2 aromatic rings. The minimum atomic E-state index is -0.784. The molecule has 0 saturated carbocycles. The lowest BCUT2D eigenvalue weighted by Crippen LogP contribution is -2.36. The first-order valence-electron chi connectivity index (χ1n) is 8.28. The number of ether oxygens (including phenoxy) is 2. The molecule has 2 aliphatic heterocycles. The van der Waals surface area contributed by atoms with Crippen molar-refractivity contribution in [3.05, 3.63) is 65.7 Å². The van der Waals surface area contributed by atoms with E-state index in [2.05, 4.69) is 37.1 Å². The Balaban J connectivity index is 1.38. The van der Waals surface area contributed by atoms with Crippen LogP contribution >= 0.6 is 0 Å². The van der Waals surface area contributed by atoms with Crippen LogP contribution in [0.1, 0.15) is 22.3 Å². The highest BCUT2D eigenvalue weighted by Crippen LogP contribution is 2.54. The van der Waals surface area contributed by atoms with E-state index in [0.717, 1.165) is 6.42 Å². The number of carbonyl (C=O) groups excluding carboxylic acids is 1. The van der Waals surface area contributed by atoms with Crippen LogP contribution < -0.4 is 0 Å². The summed E-state index contributed by atoms with van der Waals surface area (Å²) < 4.78 is 11.6. The van der Waals surface area contributed by atoms with Crippen molar-refractivity contribution in [2.24, 2.45) is 0 Å². The molecule has 4 atom stereocenters. The minimum Gasteiger partial charge on any atom is -0.458 e. The molecule has 0 aliphatic carbocycles. The predicted molar refractivity (Wildman–Crippen MR) is 98.4 cm³/mol. The SMILES string of the molecule is C#C[C@@]1(COC(=O)c2ccccc2)C[C@@H]2[C@H](O1)[S+]2c1ccc(C)cc1. The van der Waals surface area contributed by atoms with Gasteiger partial charge >= 0.3 is 5.97 Å². The van der Waals surface area contributed by atoms with Crippen molar-refractivity contribution in [2.45, 2.75) is 34.5 Å². The highest BCUT2D eigenvalue weighted by atomic mass is 32.2. The lowest BCUT2D eigenvalue weighted by molar-refractivity contribution is -0.0213. The van der Waals surface area contributed by atoms with Crippen LogP contribution in [0.25, 0.3) is 0 Å². The first-order chi connectivity index (χ1) is 12.1. The number of carbonyl (C=O) groups is 1. The second kappa shape index (κ2) is 6.25. The Hall–Kier alpha value is -2.22. The number of aryl methyl sites for hydroxylation is 1. The molecular formula is C21H19O3S+. The summed E-state index contributed by atoms with van der Waals surface area (Å²) in [6, 6.07) is 17.5. The van der Waals surface area contributed by atoms with Gasteiger partial charge in [0.25, 0.3) is 5.44 Å². The van der Waals surface area contributed by atoms with Crippen molar-refractivity contribution in [3.8, 4) is 12.3 Å². The van der Waals surface area contributed by atoms with Crippen LogP contribution in [0.2, 0.25) is 0 Å². The summed E-state index contributed by atoms with van der Waals surface area (Å²) in [7, 11) is 0.110. The van der Waals surface area contributed by atoms with Gasteiger partial charge in [-0.25, -0.2) is 4.79 Å². The average Bonchev–Trinajstić information content (AvgIpc) is 3.17. The van der Waals surface area contributed by atoms with E-state index in [1.54, 1.807) is 12.1 Å². The van der Waals surface area contributed by atoms with Gasteiger partial charge in [0, 0.05) is 6.42 Å². The van der Waals surface area contributed by atoms with Crippen LogP contribution in [0.5, 0.6) is 0 Å². The van der Waals surface area contributed by atoms with Gasteiger partial charge in [0.1, 0.15) is 6.61 Å². The van der Waals surface area contributed by atoms with E-state index in [1.165, 1.54) is 10.5 Å². The molecule has 4 heteroatoms. The first-order valence-corrected chi connectivity index (χ1v) is 9.63. The van der Waals surface area contributed by atoms with E-state index in [0.29, 0.717) is 10.8 Å². The summed E-state index contributed by atoms with van der Waals surface area (Å²) in [5, 5.41) is 0.439. The minimum absolute atomic E-state index is 0.106. The van der Waals surface area contributed by atoms with Crippen molar-refractivity contribution in [1.29, 1.82) is 0 Å². The summed E-state index contributed by atoms with van der Waals surface area (Å²) in [4.78, 5) is 13.5. The molecule has 1 unspecified atom stereocenters. The van der Waals surface area contributed by atoms with Gasteiger partial charge in [0.15, 0.2) is 10.5 Å². The monoisotopic (exact) mass is 351 g/mol. The highest BCUT2D eigenvalue weighted by Gasteiger charge is 2.75. The average molecular weight is 351 g/mol. The topological polar surface area (TPSA) is 35.5 Å². The van der Waals surface area contributed by atoms with E-state index in [-0.39, 0.29) is 28.9 Å². The van der Waals surface area contributed by atoms with Crippen LogP contribution in [0.4, 0.5) is 0 Å². The zero-order valence-corrected chi connectivity index (χ0v) is 14.8. The first kappa shape index (κ1) is 16.3. The smallest absolute Gasteiger partial charge is 0.338 e. The third kappa shape index (κ3) is 3.06. The Labute approximate surface area is 150 Å². The Morgan fingerprint density at radius 1 is 1.28 bits per heavy atom. The third-order valence-corrected chi connectivity index (χ3v) is 7.17. The zero-order chi connectivity index (χ0) is 17.4. The van der Waals surface area contributed by atoms with Crippen LogP contribution in [0, 0.1) is 19.3 Å². The maximum Gasteiger partial charge on any atom is 0.338 e. The van der Waals surface area contributed by atoms with Crippen molar-refractivity contribution in [2.75, 3.05) is 6.61 Å². The summed E-state index contributed by atoms with van der Waals surface area (Å²) in [5.41, 5.74) is 1.16. The Morgan fingerprint density at radius 3 is 2.60 bits per heavy atom. The second-order valence-corrected chi connectivity index (χ2v) is 8.78. The molecule has 0 aromatic heterocycles. The molecule has 2 fully saturated rings. The van der Waals surface area contributed by atoms with Gasteiger partial charge in [-0.05, 0) is 31.2 Å². The van der Waals surface area contributed by atoms with Gasteiger partial charge in [0.05, 0.1) is 16.5 Å². The fourth-order valence-corrected chi connectivity index (χ4v) is 5.80. The van der Waals surface area contributed by atoms with Gasteiger partial charge in [0.2, 0.25) is 5.25 Å². The maximum absolute atomic E-state index is 12.1. The van der Waals surface area contributed by atoms with Gasteiger partial charge in [-0.2, -0.15) is 0 Å². The number of fused-ring (bicyclic) bond motifs is 1. The highest BCUT2D eigenvalue weighted by molar-refractivity contribution is 8.05. The molecule has 126 valence electrons. The number of rotatable bonds is 4. The normalized spacial score (nSPS) is 29.5. The Kier molecular flexibility index (Phi) is 4.07. The molecule has 2 aromatic carbocycles. The molecule has 2 aliphatic rings. The largest absolute Gasteiger partial charge is 0.458 e. The molecule has 0 bridgehead atoms. The van der Waals surface area contributed by atoms with Crippen molar-refractivity contribution < 1.29 is 14.3 Å². The maximum atomic E-state index is 12.1. The number of benzene rings is 2. The van der Waals surface area contributed by atoms with Crippen LogP contribution in [-0.2, 0) is 20.4 Å². The van der Waals surface area contributed by atoms with Gasteiger partial charge in [-0.15, -0.1) is 6.42 Å². The molecule has 0 N–H and O–H groups in total. The van der Waals surface area contributed by atoms with Crippen molar-refractivity contribution in [3.63, 3.8) is 0 Å². The third-order valence-electron chi connectivity index (χ3n) is 4.68. The lowest BCUT2D eigenvalue weighted by Gasteiger charge is -2.22. The molecule has 3 nitrogen and oxygen atoms in total.